The molecule has 0 aliphatic heterocycles. The van der Waals surface area contributed by atoms with Gasteiger partial charge in [-0.15, -0.1) is 0 Å². The molecule has 5 heteroatoms. The maximum absolute atomic E-state index is 11.8. The van der Waals surface area contributed by atoms with Crippen molar-refractivity contribution in [1.29, 1.82) is 0 Å². The summed E-state index contributed by atoms with van der Waals surface area (Å²) >= 11 is 3.46. The summed E-state index contributed by atoms with van der Waals surface area (Å²) in [6, 6.07) is 7.86. The van der Waals surface area contributed by atoms with Crippen LogP contribution in [-0.2, 0) is 5.41 Å². The standard InChI is InChI=1S/C15H23BrN2O2/c1-11(7-8-19)18-14(20)17-10-15(2,3)12-5-4-6-13(16)9-12/h4-6,9,11,19H,7-8,10H2,1-3H3,(H2,17,18,20)/t11-/m1/s1. The molecule has 0 unspecified atom stereocenters. The van der Waals surface area contributed by atoms with Crippen molar-refractivity contribution in [1.82, 2.24) is 10.6 Å². The summed E-state index contributed by atoms with van der Waals surface area (Å²) in [5.41, 5.74) is 1.01. The molecule has 20 heavy (non-hydrogen) atoms. The summed E-state index contributed by atoms with van der Waals surface area (Å²) in [4.78, 5) is 11.8. The fourth-order valence-electron chi connectivity index (χ4n) is 1.85. The van der Waals surface area contributed by atoms with E-state index in [2.05, 4.69) is 52.5 Å². The first kappa shape index (κ1) is 17.0. The molecule has 1 aromatic rings. The number of nitrogens with one attached hydrogen (secondary N) is 2. The lowest BCUT2D eigenvalue weighted by Gasteiger charge is -2.26. The second-order valence-electron chi connectivity index (χ2n) is 5.63. The van der Waals surface area contributed by atoms with E-state index < -0.39 is 0 Å². The molecule has 0 aliphatic rings. The van der Waals surface area contributed by atoms with Crippen LogP contribution in [0.1, 0.15) is 32.8 Å². The number of rotatable bonds is 6. The zero-order chi connectivity index (χ0) is 15.2. The van der Waals surface area contributed by atoms with Crippen molar-refractivity contribution in [3.8, 4) is 0 Å². The zero-order valence-electron chi connectivity index (χ0n) is 12.2. The molecule has 3 N–H and O–H groups in total. The van der Waals surface area contributed by atoms with Crippen molar-refractivity contribution in [2.24, 2.45) is 0 Å². The van der Waals surface area contributed by atoms with E-state index in [9.17, 15) is 4.79 Å². The van der Waals surface area contributed by atoms with Gasteiger partial charge in [0.1, 0.15) is 0 Å². The Kier molecular flexibility index (Phi) is 6.49. The maximum Gasteiger partial charge on any atom is 0.315 e. The highest BCUT2D eigenvalue weighted by Gasteiger charge is 2.21. The predicted molar refractivity (Wildman–Crippen MR) is 84.9 cm³/mol. The molecule has 1 aromatic carbocycles. The summed E-state index contributed by atoms with van der Waals surface area (Å²) in [6.07, 6.45) is 0.558. The molecule has 0 bridgehead atoms. The lowest BCUT2D eigenvalue weighted by atomic mass is 9.85. The number of hydrogen-bond acceptors (Lipinski definition) is 2. The smallest absolute Gasteiger partial charge is 0.315 e. The lowest BCUT2D eigenvalue weighted by molar-refractivity contribution is 0.229. The molecule has 0 radical (unpaired) electrons. The van der Waals surface area contributed by atoms with Crippen molar-refractivity contribution < 1.29 is 9.90 Å². The van der Waals surface area contributed by atoms with Crippen LogP contribution in [0.5, 0.6) is 0 Å². The zero-order valence-corrected chi connectivity index (χ0v) is 13.8. The van der Waals surface area contributed by atoms with E-state index in [0.29, 0.717) is 13.0 Å². The maximum atomic E-state index is 11.8. The van der Waals surface area contributed by atoms with Gasteiger partial charge in [0, 0.05) is 29.1 Å². The number of halogens is 1. The molecule has 0 spiro atoms. The van der Waals surface area contributed by atoms with Crippen LogP contribution in [0.25, 0.3) is 0 Å². The summed E-state index contributed by atoms with van der Waals surface area (Å²) < 4.78 is 1.03. The number of aliphatic hydroxyl groups excluding tert-OH is 1. The minimum absolute atomic E-state index is 0.0334. The minimum Gasteiger partial charge on any atom is -0.396 e. The van der Waals surface area contributed by atoms with Crippen molar-refractivity contribution in [2.75, 3.05) is 13.2 Å². The van der Waals surface area contributed by atoms with Gasteiger partial charge in [-0.1, -0.05) is 41.9 Å². The molecule has 4 nitrogen and oxygen atoms in total. The fraction of sp³-hybridized carbons (Fsp3) is 0.533. The number of benzene rings is 1. The van der Waals surface area contributed by atoms with Crippen LogP contribution in [-0.4, -0.2) is 30.3 Å². The molecular weight excluding hydrogens is 320 g/mol. The summed E-state index contributed by atoms with van der Waals surface area (Å²) in [6.45, 7) is 6.67. The normalized spacial score (nSPS) is 12.8. The molecule has 1 rings (SSSR count). The van der Waals surface area contributed by atoms with Crippen LogP contribution in [0, 0.1) is 0 Å². The predicted octanol–water partition coefficient (Wildman–Crippen LogP) is 2.80. The fourth-order valence-corrected chi connectivity index (χ4v) is 2.25. The van der Waals surface area contributed by atoms with E-state index in [4.69, 9.17) is 5.11 Å². The van der Waals surface area contributed by atoms with Gasteiger partial charge >= 0.3 is 6.03 Å². The number of urea groups is 1. The highest BCUT2D eigenvalue weighted by molar-refractivity contribution is 9.10. The van der Waals surface area contributed by atoms with Crippen molar-refractivity contribution in [3.63, 3.8) is 0 Å². The van der Waals surface area contributed by atoms with E-state index in [0.717, 1.165) is 10.0 Å². The molecule has 0 saturated heterocycles. The van der Waals surface area contributed by atoms with Crippen molar-refractivity contribution in [3.05, 3.63) is 34.3 Å². The lowest BCUT2D eigenvalue weighted by Crippen LogP contribution is -2.45. The van der Waals surface area contributed by atoms with Gasteiger partial charge in [0.25, 0.3) is 0 Å². The largest absolute Gasteiger partial charge is 0.396 e. The first-order valence-corrected chi connectivity index (χ1v) is 7.56. The Hall–Kier alpha value is -1.07. The van der Waals surface area contributed by atoms with E-state index in [-0.39, 0.29) is 24.1 Å². The molecule has 0 saturated carbocycles. The third kappa shape index (κ3) is 5.51. The third-order valence-corrected chi connectivity index (χ3v) is 3.73. The quantitative estimate of drug-likeness (QED) is 0.744. The van der Waals surface area contributed by atoms with Crippen LogP contribution in [0.4, 0.5) is 4.79 Å². The Morgan fingerprint density at radius 2 is 2.15 bits per heavy atom. The third-order valence-electron chi connectivity index (χ3n) is 3.24. The highest BCUT2D eigenvalue weighted by atomic mass is 79.9. The Morgan fingerprint density at radius 3 is 2.75 bits per heavy atom. The first-order valence-electron chi connectivity index (χ1n) is 6.76. The highest BCUT2D eigenvalue weighted by Crippen LogP contribution is 2.24. The van der Waals surface area contributed by atoms with Crippen LogP contribution >= 0.6 is 15.9 Å². The molecule has 1 atom stereocenters. The average Bonchev–Trinajstić information content (AvgIpc) is 2.37. The van der Waals surface area contributed by atoms with E-state index >= 15 is 0 Å². The van der Waals surface area contributed by atoms with E-state index in [1.807, 2.05) is 19.1 Å². The van der Waals surface area contributed by atoms with Crippen molar-refractivity contribution >= 4 is 22.0 Å². The molecule has 0 aromatic heterocycles. The minimum atomic E-state index is -0.200. The van der Waals surface area contributed by atoms with Gasteiger partial charge in [0.15, 0.2) is 0 Å². The van der Waals surface area contributed by atoms with Gasteiger partial charge in [-0.2, -0.15) is 0 Å². The number of carbonyl (C=O) groups is 1. The molecule has 112 valence electrons. The van der Waals surface area contributed by atoms with Gasteiger partial charge in [0.05, 0.1) is 0 Å². The summed E-state index contributed by atoms with van der Waals surface area (Å²) in [5, 5.41) is 14.5. The second kappa shape index (κ2) is 7.64. The Morgan fingerprint density at radius 1 is 1.45 bits per heavy atom. The van der Waals surface area contributed by atoms with Gasteiger partial charge in [0.2, 0.25) is 0 Å². The number of carbonyl (C=O) groups excluding carboxylic acids is 1. The molecular formula is C15H23BrN2O2. The molecule has 0 heterocycles. The summed E-state index contributed by atoms with van der Waals surface area (Å²) in [5.74, 6) is 0. The SMILES string of the molecule is C[C@H](CCO)NC(=O)NCC(C)(C)c1cccc(Br)c1. The van der Waals surface area contributed by atoms with Gasteiger partial charge < -0.3 is 15.7 Å². The van der Waals surface area contributed by atoms with Gasteiger partial charge in [-0.3, -0.25) is 0 Å². The van der Waals surface area contributed by atoms with Crippen LogP contribution in [0.2, 0.25) is 0 Å². The Labute approximate surface area is 129 Å². The van der Waals surface area contributed by atoms with Crippen LogP contribution in [0.15, 0.2) is 28.7 Å². The number of aliphatic hydroxyl groups is 1. The monoisotopic (exact) mass is 342 g/mol. The number of amides is 2. The van der Waals surface area contributed by atoms with E-state index in [1.165, 1.54) is 0 Å². The molecule has 2 amide bonds. The van der Waals surface area contributed by atoms with Gasteiger partial charge in [-0.05, 0) is 31.0 Å². The van der Waals surface area contributed by atoms with Crippen LogP contribution in [0.3, 0.4) is 0 Å². The molecule has 0 aliphatic carbocycles. The van der Waals surface area contributed by atoms with Gasteiger partial charge in [-0.25, -0.2) is 4.79 Å². The van der Waals surface area contributed by atoms with Crippen molar-refractivity contribution in [2.45, 2.75) is 38.6 Å². The first-order chi connectivity index (χ1) is 9.35. The average molecular weight is 343 g/mol. The van der Waals surface area contributed by atoms with E-state index in [1.54, 1.807) is 0 Å². The topological polar surface area (TPSA) is 61.4 Å². The molecule has 0 fully saturated rings. The Bertz CT molecular complexity index is 449. The number of hydrogen-bond donors (Lipinski definition) is 3. The van der Waals surface area contributed by atoms with Crippen LogP contribution < -0.4 is 10.6 Å². The second-order valence-corrected chi connectivity index (χ2v) is 6.55. The summed E-state index contributed by atoms with van der Waals surface area (Å²) in [7, 11) is 0. The Balaban J connectivity index is 2.53.